The van der Waals surface area contributed by atoms with Crippen LogP contribution < -0.4 is 5.32 Å². The van der Waals surface area contributed by atoms with Crippen molar-refractivity contribution in [2.24, 2.45) is 0 Å². The lowest BCUT2D eigenvalue weighted by atomic mass is 9.63. The molecule has 0 bridgehead atoms. The number of benzene rings is 2. The van der Waals surface area contributed by atoms with Gasteiger partial charge in [0.05, 0.1) is 11.8 Å². The van der Waals surface area contributed by atoms with Gasteiger partial charge in [-0.25, -0.2) is 13.2 Å². The van der Waals surface area contributed by atoms with Crippen LogP contribution in [-0.4, -0.2) is 17.0 Å². The molecule has 0 heterocycles. The Balaban J connectivity index is 1.87. The average Bonchev–Trinajstić information content (AvgIpc) is 2.51. The molecule has 0 atom stereocenters. The molecule has 2 aromatic rings. The molecule has 1 aliphatic rings. The van der Waals surface area contributed by atoms with Crippen LogP contribution in [0.2, 0.25) is 0 Å². The molecule has 1 amide bonds. The zero-order chi connectivity index (χ0) is 18.9. The van der Waals surface area contributed by atoms with Crippen LogP contribution >= 0.6 is 0 Å². The molecule has 0 aromatic heterocycles. The molecular formula is C19H16F3NO3. The largest absolute Gasteiger partial charge is 0.481 e. The summed E-state index contributed by atoms with van der Waals surface area (Å²) in [6.45, 7) is 0. The molecule has 0 unspecified atom stereocenters. The normalized spacial score (nSPS) is 15.2. The number of halogens is 3. The van der Waals surface area contributed by atoms with Crippen LogP contribution in [0.1, 0.15) is 30.4 Å². The predicted molar refractivity (Wildman–Crippen MR) is 88.3 cm³/mol. The summed E-state index contributed by atoms with van der Waals surface area (Å²) in [6.07, 6.45) is 0.740. The lowest BCUT2D eigenvalue weighted by Crippen LogP contribution is -2.47. The quantitative estimate of drug-likeness (QED) is 0.849. The number of rotatable bonds is 5. The molecule has 0 radical (unpaired) electrons. The number of carboxylic acid groups (broad SMARTS) is 1. The molecule has 1 fully saturated rings. The van der Waals surface area contributed by atoms with Gasteiger partial charge in [0.15, 0.2) is 0 Å². The molecular weight excluding hydrogens is 347 g/mol. The lowest BCUT2D eigenvalue weighted by molar-refractivity contribution is -0.136. The fourth-order valence-electron chi connectivity index (χ4n) is 3.26. The van der Waals surface area contributed by atoms with Crippen molar-refractivity contribution in [2.75, 3.05) is 5.32 Å². The molecule has 1 aliphatic carbocycles. The molecule has 0 spiro atoms. The van der Waals surface area contributed by atoms with E-state index in [2.05, 4.69) is 5.32 Å². The number of anilines is 1. The third kappa shape index (κ3) is 3.16. The van der Waals surface area contributed by atoms with Crippen molar-refractivity contribution >= 4 is 17.6 Å². The Morgan fingerprint density at radius 2 is 1.69 bits per heavy atom. The minimum absolute atomic E-state index is 0.0194. The first-order chi connectivity index (χ1) is 12.3. The number of hydrogen-bond acceptors (Lipinski definition) is 2. The van der Waals surface area contributed by atoms with Crippen molar-refractivity contribution in [1.82, 2.24) is 0 Å². The number of hydrogen-bond donors (Lipinski definition) is 2. The number of amides is 1. The van der Waals surface area contributed by atoms with E-state index in [4.69, 9.17) is 5.11 Å². The maximum Gasteiger partial charge on any atom is 0.307 e. The standard InChI is InChI=1S/C19H16F3NO3/c20-13-3-1-4-14(21)17(13)19(7-2-8-19)18(26)23-12-6-5-11(9-16(24)25)15(22)10-12/h1,3-6,10H,2,7-9H2,(H,23,26)(H,24,25). The van der Waals surface area contributed by atoms with Gasteiger partial charge < -0.3 is 10.4 Å². The van der Waals surface area contributed by atoms with Crippen molar-refractivity contribution in [3.63, 3.8) is 0 Å². The molecule has 0 aliphatic heterocycles. The van der Waals surface area contributed by atoms with Crippen LogP contribution in [0.15, 0.2) is 36.4 Å². The highest BCUT2D eigenvalue weighted by molar-refractivity contribution is 6.00. The fourth-order valence-corrected chi connectivity index (χ4v) is 3.26. The van der Waals surface area contributed by atoms with Gasteiger partial charge in [-0.05, 0) is 42.7 Å². The second-order valence-electron chi connectivity index (χ2n) is 6.36. The second-order valence-corrected chi connectivity index (χ2v) is 6.36. The van der Waals surface area contributed by atoms with Crippen LogP contribution in [-0.2, 0) is 21.4 Å². The summed E-state index contributed by atoms with van der Waals surface area (Å²) >= 11 is 0. The highest BCUT2D eigenvalue weighted by atomic mass is 19.1. The van der Waals surface area contributed by atoms with Crippen molar-refractivity contribution in [2.45, 2.75) is 31.1 Å². The molecule has 3 rings (SSSR count). The fraction of sp³-hybridized carbons (Fsp3) is 0.263. The predicted octanol–water partition coefficient (Wildman–Crippen LogP) is 3.79. The summed E-state index contributed by atoms with van der Waals surface area (Å²) in [7, 11) is 0. The van der Waals surface area contributed by atoms with E-state index in [1.165, 1.54) is 18.2 Å². The summed E-state index contributed by atoms with van der Waals surface area (Å²) in [5, 5.41) is 11.2. The van der Waals surface area contributed by atoms with Crippen molar-refractivity contribution in [1.29, 1.82) is 0 Å². The topological polar surface area (TPSA) is 66.4 Å². The second kappa shape index (κ2) is 6.82. The Morgan fingerprint density at radius 3 is 2.19 bits per heavy atom. The van der Waals surface area contributed by atoms with Crippen LogP contribution in [0.4, 0.5) is 18.9 Å². The highest BCUT2D eigenvalue weighted by Gasteiger charge is 2.49. The average molecular weight is 363 g/mol. The van der Waals surface area contributed by atoms with E-state index in [-0.39, 0.29) is 29.7 Å². The summed E-state index contributed by atoms with van der Waals surface area (Å²) < 4.78 is 42.3. The highest BCUT2D eigenvalue weighted by Crippen LogP contribution is 2.46. The third-order valence-corrected chi connectivity index (χ3v) is 4.74. The summed E-state index contributed by atoms with van der Waals surface area (Å²) in [6, 6.07) is 7.06. The third-order valence-electron chi connectivity index (χ3n) is 4.74. The van der Waals surface area contributed by atoms with Crippen molar-refractivity contribution < 1.29 is 27.9 Å². The van der Waals surface area contributed by atoms with E-state index in [0.29, 0.717) is 6.42 Å². The van der Waals surface area contributed by atoms with E-state index < -0.39 is 41.2 Å². The van der Waals surface area contributed by atoms with Crippen LogP contribution in [0.3, 0.4) is 0 Å². The van der Waals surface area contributed by atoms with Gasteiger partial charge in [0, 0.05) is 11.3 Å². The van der Waals surface area contributed by atoms with E-state index in [9.17, 15) is 22.8 Å². The Kier molecular flexibility index (Phi) is 4.71. The van der Waals surface area contributed by atoms with E-state index in [0.717, 1.165) is 18.2 Å². The molecule has 26 heavy (non-hydrogen) atoms. The molecule has 2 aromatic carbocycles. The Morgan fingerprint density at radius 1 is 1.04 bits per heavy atom. The first-order valence-corrected chi connectivity index (χ1v) is 8.10. The number of carbonyl (C=O) groups excluding carboxylic acids is 1. The van der Waals surface area contributed by atoms with Crippen molar-refractivity contribution in [3.8, 4) is 0 Å². The Hall–Kier alpha value is -2.83. The number of nitrogens with one attached hydrogen (secondary N) is 1. The summed E-state index contributed by atoms with van der Waals surface area (Å²) in [5.74, 6) is -4.14. The smallest absolute Gasteiger partial charge is 0.307 e. The maximum absolute atomic E-state index is 14.2. The molecule has 136 valence electrons. The van der Waals surface area contributed by atoms with Gasteiger partial charge >= 0.3 is 5.97 Å². The zero-order valence-electron chi connectivity index (χ0n) is 13.7. The lowest BCUT2D eigenvalue weighted by Gasteiger charge is -2.40. The SMILES string of the molecule is O=C(O)Cc1ccc(NC(=O)C2(c3c(F)cccc3F)CCC2)cc1F. The number of aliphatic carboxylic acids is 1. The van der Waals surface area contributed by atoms with Crippen LogP contribution in [0.25, 0.3) is 0 Å². The van der Waals surface area contributed by atoms with Gasteiger partial charge in [-0.1, -0.05) is 18.6 Å². The molecule has 2 N–H and O–H groups in total. The van der Waals surface area contributed by atoms with Gasteiger partial charge in [0.25, 0.3) is 0 Å². The first-order valence-electron chi connectivity index (χ1n) is 8.10. The van der Waals surface area contributed by atoms with Crippen LogP contribution in [0, 0.1) is 17.5 Å². The summed E-state index contributed by atoms with van der Waals surface area (Å²) in [5.41, 5.74) is -1.52. The van der Waals surface area contributed by atoms with E-state index in [1.807, 2.05) is 0 Å². The monoisotopic (exact) mass is 363 g/mol. The van der Waals surface area contributed by atoms with E-state index in [1.54, 1.807) is 0 Å². The minimum atomic E-state index is -1.33. The molecule has 4 nitrogen and oxygen atoms in total. The molecule has 1 saturated carbocycles. The summed E-state index contributed by atoms with van der Waals surface area (Å²) in [4.78, 5) is 23.4. The van der Waals surface area contributed by atoms with Gasteiger partial charge in [0.2, 0.25) is 5.91 Å². The van der Waals surface area contributed by atoms with Crippen molar-refractivity contribution in [3.05, 3.63) is 65.0 Å². The van der Waals surface area contributed by atoms with Crippen LogP contribution in [0.5, 0.6) is 0 Å². The maximum atomic E-state index is 14.2. The molecule has 7 heteroatoms. The van der Waals surface area contributed by atoms with E-state index >= 15 is 0 Å². The van der Waals surface area contributed by atoms with Gasteiger partial charge in [0.1, 0.15) is 17.5 Å². The minimum Gasteiger partial charge on any atom is -0.481 e. The van der Waals surface area contributed by atoms with Gasteiger partial charge in [-0.3, -0.25) is 9.59 Å². The zero-order valence-corrected chi connectivity index (χ0v) is 13.7. The molecule has 0 saturated heterocycles. The Bertz CT molecular complexity index is 858. The Labute approximate surface area is 147 Å². The van der Waals surface area contributed by atoms with Gasteiger partial charge in [-0.15, -0.1) is 0 Å². The van der Waals surface area contributed by atoms with Gasteiger partial charge in [-0.2, -0.15) is 0 Å². The number of carboxylic acids is 1. The first kappa shape index (κ1) is 18.0. The number of carbonyl (C=O) groups is 2.